The first kappa shape index (κ1) is 21.0. The summed E-state index contributed by atoms with van der Waals surface area (Å²) in [5, 5.41) is 9.08. The number of hydrogen-bond donors (Lipinski definition) is 2. The summed E-state index contributed by atoms with van der Waals surface area (Å²) in [6.07, 6.45) is 3.45. The molecule has 7 nitrogen and oxygen atoms in total. The van der Waals surface area contributed by atoms with Crippen LogP contribution in [0.25, 0.3) is 10.9 Å². The molecule has 0 amide bonds. The molecule has 2 unspecified atom stereocenters. The fourth-order valence-corrected chi connectivity index (χ4v) is 4.85. The van der Waals surface area contributed by atoms with E-state index in [1.54, 1.807) is 4.90 Å². The van der Waals surface area contributed by atoms with Crippen molar-refractivity contribution in [3.05, 3.63) is 39.7 Å². The molecule has 1 saturated carbocycles. The first-order valence-corrected chi connectivity index (χ1v) is 9.75. The lowest BCUT2D eigenvalue weighted by Gasteiger charge is -2.27. The van der Waals surface area contributed by atoms with Crippen molar-refractivity contribution in [2.45, 2.75) is 30.9 Å². The van der Waals surface area contributed by atoms with Gasteiger partial charge in [0.1, 0.15) is 22.7 Å². The quantitative estimate of drug-likeness (QED) is 0.755. The Morgan fingerprint density at radius 1 is 1.33 bits per heavy atom. The Kier molecular flexibility index (Phi) is 5.03. The Labute approximate surface area is 176 Å². The normalized spacial score (nSPS) is 25.4. The van der Waals surface area contributed by atoms with E-state index in [1.807, 2.05) is 0 Å². The molecule has 0 spiro atoms. The maximum Gasteiger partial charge on any atom is 0.341 e. The average molecular weight is 442 g/mol. The van der Waals surface area contributed by atoms with Gasteiger partial charge < -0.3 is 25.0 Å². The second kappa shape index (κ2) is 7.18. The standard InChI is InChI=1S/C20H21F2N3O4.ClH/c21-14-5-12-16(25(11-1-2-11)7-13(18(12)26)19(27)28)15(22)17(14)24-6-10-3-4-29-20(10,8-23)9-24;/h5,7,10-11H,1-4,6,8-9,23H2,(H,27,28);1H. The van der Waals surface area contributed by atoms with Crippen molar-refractivity contribution in [1.82, 2.24) is 4.57 Å². The summed E-state index contributed by atoms with van der Waals surface area (Å²) in [5.41, 5.74) is 3.68. The fraction of sp³-hybridized carbons (Fsp3) is 0.500. The monoisotopic (exact) mass is 441 g/mol. The van der Waals surface area contributed by atoms with E-state index in [0.29, 0.717) is 13.2 Å². The minimum atomic E-state index is -1.41. The van der Waals surface area contributed by atoms with Gasteiger partial charge >= 0.3 is 5.97 Å². The van der Waals surface area contributed by atoms with Crippen LogP contribution >= 0.6 is 12.4 Å². The fourth-order valence-electron chi connectivity index (χ4n) is 4.85. The highest BCUT2D eigenvalue weighted by Crippen LogP contribution is 2.44. The predicted octanol–water partition coefficient (Wildman–Crippen LogP) is 2.29. The molecule has 2 atom stereocenters. The van der Waals surface area contributed by atoms with Gasteiger partial charge in [0.15, 0.2) is 5.82 Å². The van der Waals surface area contributed by atoms with E-state index in [2.05, 4.69) is 0 Å². The number of anilines is 1. The third-order valence-electron chi connectivity index (χ3n) is 6.52. The topological polar surface area (TPSA) is 97.8 Å². The lowest BCUT2D eigenvalue weighted by Crippen LogP contribution is -2.44. The molecule has 2 aliphatic heterocycles. The number of fused-ring (bicyclic) bond motifs is 2. The average Bonchev–Trinajstić information content (AvgIpc) is 3.34. The molecule has 30 heavy (non-hydrogen) atoms. The number of carboxylic acid groups (broad SMARTS) is 1. The van der Waals surface area contributed by atoms with Gasteiger partial charge in [0.25, 0.3) is 0 Å². The number of halogens is 3. The van der Waals surface area contributed by atoms with Crippen molar-refractivity contribution in [3.63, 3.8) is 0 Å². The van der Waals surface area contributed by atoms with Crippen LogP contribution in [0, 0.1) is 17.6 Å². The van der Waals surface area contributed by atoms with Crippen molar-refractivity contribution in [3.8, 4) is 0 Å². The number of rotatable bonds is 4. The van der Waals surface area contributed by atoms with Crippen LogP contribution in [0.1, 0.15) is 35.7 Å². The van der Waals surface area contributed by atoms with E-state index in [9.17, 15) is 14.7 Å². The van der Waals surface area contributed by atoms with E-state index in [1.165, 1.54) is 10.8 Å². The van der Waals surface area contributed by atoms with Crippen molar-refractivity contribution in [2.24, 2.45) is 11.7 Å². The van der Waals surface area contributed by atoms with Crippen molar-refractivity contribution in [1.29, 1.82) is 0 Å². The first-order chi connectivity index (χ1) is 13.9. The lowest BCUT2D eigenvalue weighted by molar-refractivity contribution is 0.0126. The number of ether oxygens (including phenoxy) is 1. The second-order valence-electron chi connectivity index (χ2n) is 8.22. The minimum Gasteiger partial charge on any atom is -0.477 e. The van der Waals surface area contributed by atoms with Gasteiger partial charge in [0, 0.05) is 44.4 Å². The molecule has 5 rings (SSSR count). The van der Waals surface area contributed by atoms with E-state index in [-0.39, 0.29) is 54.0 Å². The van der Waals surface area contributed by atoms with Gasteiger partial charge in [-0.25, -0.2) is 13.6 Å². The van der Waals surface area contributed by atoms with Gasteiger partial charge in [-0.05, 0) is 25.3 Å². The molecule has 2 saturated heterocycles. The summed E-state index contributed by atoms with van der Waals surface area (Å²) in [7, 11) is 0. The number of hydrogen-bond acceptors (Lipinski definition) is 5. The van der Waals surface area contributed by atoms with Crippen LogP contribution < -0.4 is 16.1 Å². The summed E-state index contributed by atoms with van der Waals surface area (Å²) in [4.78, 5) is 25.6. The molecule has 2 aromatic rings. The lowest BCUT2D eigenvalue weighted by atomic mass is 9.91. The molecule has 1 aromatic carbocycles. The first-order valence-electron chi connectivity index (χ1n) is 9.75. The SMILES string of the molecule is Cl.NCC12CN(c3c(F)cc4c(=O)c(C(=O)O)cn(C5CC5)c4c3F)CC1CCO2. The maximum atomic E-state index is 15.7. The highest BCUT2D eigenvalue weighted by molar-refractivity contribution is 5.94. The Hall–Kier alpha value is -2.23. The number of aromatic carboxylic acids is 1. The van der Waals surface area contributed by atoms with Crippen LogP contribution in [-0.2, 0) is 4.74 Å². The zero-order valence-electron chi connectivity index (χ0n) is 16.1. The van der Waals surface area contributed by atoms with Crippen LogP contribution in [0.2, 0.25) is 0 Å². The minimum absolute atomic E-state index is 0. The number of nitrogens with zero attached hydrogens (tertiary/aromatic N) is 2. The van der Waals surface area contributed by atoms with Crippen LogP contribution in [-0.4, -0.2) is 47.5 Å². The van der Waals surface area contributed by atoms with Gasteiger partial charge in [-0.15, -0.1) is 12.4 Å². The van der Waals surface area contributed by atoms with Gasteiger partial charge in [-0.3, -0.25) is 4.79 Å². The number of carbonyl (C=O) groups is 1. The zero-order valence-corrected chi connectivity index (χ0v) is 16.9. The third-order valence-corrected chi connectivity index (χ3v) is 6.52. The number of benzene rings is 1. The Morgan fingerprint density at radius 3 is 2.67 bits per heavy atom. The van der Waals surface area contributed by atoms with Crippen molar-refractivity contribution in [2.75, 3.05) is 31.1 Å². The molecule has 10 heteroatoms. The molecular weight excluding hydrogens is 420 g/mol. The van der Waals surface area contributed by atoms with E-state index in [0.717, 1.165) is 25.3 Å². The highest BCUT2D eigenvalue weighted by atomic mass is 35.5. The summed E-state index contributed by atoms with van der Waals surface area (Å²) in [5.74, 6) is -3.05. The highest BCUT2D eigenvalue weighted by Gasteiger charge is 2.51. The molecule has 1 aliphatic carbocycles. The number of carboxylic acids is 1. The van der Waals surface area contributed by atoms with Crippen molar-refractivity contribution < 1.29 is 23.4 Å². The Bertz CT molecular complexity index is 1100. The van der Waals surface area contributed by atoms with Crippen molar-refractivity contribution >= 4 is 35.0 Å². The summed E-state index contributed by atoms with van der Waals surface area (Å²) < 4.78 is 38.0. The molecule has 0 bridgehead atoms. The molecule has 0 radical (unpaired) electrons. The molecule has 3 aliphatic rings. The zero-order chi connectivity index (χ0) is 20.5. The Morgan fingerprint density at radius 2 is 2.07 bits per heavy atom. The molecule has 162 valence electrons. The number of aromatic nitrogens is 1. The smallest absolute Gasteiger partial charge is 0.341 e. The summed E-state index contributed by atoms with van der Waals surface area (Å²) in [6, 6.07) is 0.867. The molecular formula is C20H22ClF2N3O4. The van der Waals surface area contributed by atoms with E-state index in [4.69, 9.17) is 10.5 Å². The van der Waals surface area contributed by atoms with Crippen LogP contribution in [0.4, 0.5) is 14.5 Å². The van der Waals surface area contributed by atoms with Gasteiger partial charge in [-0.2, -0.15) is 0 Å². The van der Waals surface area contributed by atoms with E-state index >= 15 is 8.78 Å². The molecule has 3 heterocycles. The number of nitrogens with two attached hydrogens (primary N) is 1. The molecule has 3 fully saturated rings. The van der Waals surface area contributed by atoms with Gasteiger partial charge in [0.2, 0.25) is 5.43 Å². The molecule has 3 N–H and O–H groups in total. The third kappa shape index (κ3) is 2.91. The Balaban J connectivity index is 0.00000218. The predicted molar refractivity (Wildman–Crippen MR) is 109 cm³/mol. The second-order valence-corrected chi connectivity index (χ2v) is 8.22. The molecule has 1 aromatic heterocycles. The van der Waals surface area contributed by atoms with Crippen LogP contribution in [0.5, 0.6) is 0 Å². The van der Waals surface area contributed by atoms with Crippen LogP contribution in [0.15, 0.2) is 17.1 Å². The largest absolute Gasteiger partial charge is 0.477 e. The van der Waals surface area contributed by atoms with Crippen LogP contribution in [0.3, 0.4) is 0 Å². The van der Waals surface area contributed by atoms with E-state index < -0.39 is 34.2 Å². The summed E-state index contributed by atoms with van der Waals surface area (Å²) >= 11 is 0. The summed E-state index contributed by atoms with van der Waals surface area (Å²) in [6.45, 7) is 1.53. The van der Waals surface area contributed by atoms with Gasteiger partial charge in [-0.1, -0.05) is 0 Å². The maximum absolute atomic E-state index is 15.7. The number of pyridine rings is 1. The van der Waals surface area contributed by atoms with Gasteiger partial charge in [0.05, 0.1) is 10.9 Å².